The molecule has 1 saturated heterocycles. The van der Waals surface area contributed by atoms with Crippen molar-refractivity contribution in [1.29, 1.82) is 0 Å². The van der Waals surface area contributed by atoms with Crippen molar-refractivity contribution in [2.24, 2.45) is 11.1 Å². The molecule has 3 rings (SSSR count). The summed E-state index contributed by atoms with van der Waals surface area (Å²) < 4.78 is 17.5. The standard InChI is InChI=1S/C24H37ClN2O5S/c1-24(2,33(26)31)13-19(16-7-9-27(10-8-16)23(30)21(29)14-28)18-11-20(25)17(12-22(18)32-3)15-5-4-6-15/h11-12,15-16,19,21,28-29H,4-10,13-14,26H2,1-3H3/t19-,21-,33?/m1/s1. The summed E-state index contributed by atoms with van der Waals surface area (Å²) in [5.74, 6) is 1.01. The average molecular weight is 501 g/mol. The van der Waals surface area contributed by atoms with E-state index in [4.69, 9.17) is 26.6 Å². The number of rotatable bonds is 9. The number of nitrogens with zero attached hydrogens (tertiary/aromatic N) is 1. The van der Waals surface area contributed by atoms with Crippen LogP contribution in [-0.2, 0) is 15.8 Å². The molecule has 186 valence electrons. The van der Waals surface area contributed by atoms with Crippen LogP contribution in [0.2, 0.25) is 5.02 Å². The normalized spacial score (nSPS) is 20.8. The van der Waals surface area contributed by atoms with E-state index < -0.39 is 34.4 Å². The van der Waals surface area contributed by atoms with Gasteiger partial charge in [-0.25, -0.2) is 4.21 Å². The van der Waals surface area contributed by atoms with Gasteiger partial charge >= 0.3 is 0 Å². The second-order valence-corrected chi connectivity index (χ2v) is 12.1. The molecule has 1 heterocycles. The topological polar surface area (TPSA) is 113 Å². The maximum Gasteiger partial charge on any atom is 0.253 e. The van der Waals surface area contributed by atoms with Crippen molar-refractivity contribution in [3.05, 3.63) is 28.3 Å². The van der Waals surface area contributed by atoms with E-state index in [9.17, 15) is 14.1 Å². The van der Waals surface area contributed by atoms with E-state index in [-0.39, 0.29) is 11.8 Å². The van der Waals surface area contributed by atoms with Gasteiger partial charge in [0.1, 0.15) is 5.75 Å². The van der Waals surface area contributed by atoms with Crippen LogP contribution in [0.5, 0.6) is 5.75 Å². The number of hydrogen-bond donors (Lipinski definition) is 3. The van der Waals surface area contributed by atoms with Crippen molar-refractivity contribution in [1.82, 2.24) is 4.90 Å². The predicted molar refractivity (Wildman–Crippen MR) is 131 cm³/mol. The average Bonchev–Trinajstić information content (AvgIpc) is 2.76. The van der Waals surface area contributed by atoms with Crippen molar-refractivity contribution in [3.63, 3.8) is 0 Å². The lowest BCUT2D eigenvalue weighted by atomic mass is 9.74. The first kappa shape index (κ1) is 26.4. The van der Waals surface area contributed by atoms with E-state index >= 15 is 0 Å². The number of likely N-dealkylation sites (tertiary alicyclic amines) is 1. The molecule has 9 heteroatoms. The highest BCUT2D eigenvalue weighted by Gasteiger charge is 2.38. The van der Waals surface area contributed by atoms with Crippen LogP contribution in [0, 0.1) is 5.92 Å². The van der Waals surface area contributed by atoms with Gasteiger partial charge in [-0.15, -0.1) is 0 Å². The van der Waals surface area contributed by atoms with E-state index in [0.717, 1.165) is 34.7 Å². The van der Waals surface area contributed by atoms with E-state index in [1.165, 1.54) is 6.42 Å². The number of ether oxygens (including phenoxy) is 1. The van der Waals surface area contributed by atoms with Crippen LogP contribution in [-0.4, -0.2) is 62.9 Å². The summed E-state index contributed by atoms with van der Waals surface area (Å²) in [6.45, 7) is 4.20. The molecule has 1 amide bonds. The fraction of sp³-hybridized carbons (Fsp3) is 0.708. The summed E-state index contributed by atoms with van der Waals surface area (Å²) in [5.41, 5.74) is 2.12. The number of carbonyl (C=O) groups excluding carboxylic acids is 1. The first-order valence-corrected chi connectivity index (χ1v) is 13.3. The van der Waals surface area contributed by atoms with Gasteiger partial charge < -0.3 is 19.8 Å². The Hall–Kier alpha value is -1.19. The minimum atomic E-state index is -1.51. The Bertz CT molecular complexity index is 869. The summed E-state index contributed by atoms with van der Waals surface area (Å²) in [6.07, 6.45) is 4.12. The molecule has 7 nitrogen and oxygen atoms in total. The summed E-state index contributed by atoms with van der Waals surface area (Å²) >= 11 is 6.75. The largest absolute Gasteiger partial charge is 0.496 e. The van der Waals surface area contributed by atoms with Gasteiger partial charge in [-0.3, -0.25) is 9.93 Å². The van der Waals surface area contributed by atoms with Crippen molar-refractivity contribution >= 4 is 28.5 Å². The number of aliphatic hydroxyl groups excluding tert-OH is 2. The zero-order chi connectivity index (χ0) is 24.3. The molecule has 0 radical (unpaired) electrons. The van der Waals surface area contributed by atoms with Crippen LogP contribution in [0.15, 0.2) is 12.1 Å². The third-order valence-electron chi connectivity index (χ3n) is 7.43. The van der Waals surface area contributed by atoms with Crippen LogP contribution >= 0.6 is 11.6 Å². The molecular formula is C24H37ClN2O5S. The molecular weight excluding hydrogens is 464 g/mol. The summed E-state index contributed by atoms with van der Waals surface area (Å²) in [6, 6.07) is 4.08. The van der Waals surface area contributed by atoms with E-state index in [1.807, 2.05) is 19.9 Å². The molecule has 1 unspecified atom stereocenters. The minimum Gasteiger partial charge on any atom is -0.496 e. The number of hydrogen-bond acceptors (Lipinski definition) is 5. The zero-order valence-electron chi connectivity index (χ0n) is 19.8. The molecule has 0 aromatic heterocycles. The van der Waals surface area contributed by atoms with Gasteiger partial charge in [0.2, 0.25) is 0 Å². The maximum atomic E-state index is 12.3. The Labute approximate surface area is 204 Å². The molecule has 2 fully saturated rings. The van der Waals surface area contributed by atoms with Gasteiger partial charge in [0, 0.05) is 18.1 Å². The third kappa shape index (κ3) is 5.90. The van der Waals surface area contributed by atoms with Crippen LogP contribution in [0.4, 0.5) is 0 Å². The lowest BCUT2D eigenvalue weighted by Gasteiger charge is -2.40. The molecule has 0 bridgehead atoms. The number of benzene rings is 1. The van der Waals surface area contributed by atoms with Crippen LogP contribution < -0.4 is 9.88 Å². The molecule has 4 N–H and O–H groups in total. The summed E-state index contributed by atoms with van der Waals surface area (Å²) in [5, 5.41) is 25.4. The van der Waals surface area contributed by atoms with E-state index in [2.05, 4.69) is 6.07 Å². The van der Waals surface area contributed by atoms with E-state index in [0.29, 0.717) is 38.3 Å². The molecule has 1 aliphatic heterocycles. The molecule has 33 heavy (non-hydrogen) atoms. The monoisotopic (exact) mass is 500 g/mol. The Kier molecular flexibility index (Phi) is 8.83. The quantitative estimate of drug-likeness (QED) is 0.482. The minimum absolute atomic E-state index is 0.00425. The first-order valence-electron chi connectivity index (χ1n) is 11.7. The van der Waals surface area contributed by atoms with Gasteiger partial charge in [0.15, 0.2) is 6.10 Å². The van der Waals surface area contributed by atoms with Crippen LogP contribution in [0.1, 0.15) is 75.3 Å². The number of amides is 1. The number of piperidine rings is 1. The fourth-order valence-corrected chi connectivity index (χ4v) is 5.71. The summed E-state index contributed by atoms with van der Waals surface area (Å²) in [7, 11) is 0.151. The van der Waals surface area contributed by atoms with Gasteiger partial charge in [0.25, 0.3) is 5.91 Å². The van der Waals surface area contributed by atoms with Gasteiger partial charge in [0.05, 0.1) is 29.4 Å². The van der Waals surface area contributed by atoms with Gasteiger partial charge in [-0.1, -0.05) is 18.0 Å². The molecule has 1 aromatic rings. The van der Waals surface area contributed by atoms with Crippen molar-refractivity contribution < 1.29 is 24.0 Å². The van der Waals surface area contributed by atoms with Crippen molar-refractivity contribution in [3.8, 4) is 5.75 Å². The van der Waals surface area contributed by atoms with Crippen molar-refractivity contribution in [2.75, 3.05) is 26.8 Å². The smallest absolute Gasteiger partial charge is 0.253 e. The molecule has 0 spiro atoms. The second kappa shape index (κ2) is 11.0. The highest BCUT2D eigenvalue weighted by Crippen LogP contribution is 2.47. The molecule has 1 saturated carbocycles. The Morgan fingerprint density at radius 2 is 1.94 bits per heavy atom. The number of carbonyl (C=O) groups is 1. The Morgan fingerprint density at radius 1 is 1.30 bits per heavy atom. The fourth-order valence-electron chi connectivity index (χ4n) is 5.04. The summed E-state index contributed by atoms with van der Waals surface area (Å²) in [4.78, 5) is 13.9. The highest BCUT2D eigenvalue weighted by atomic mass is 35.5. The van der Waals surface area contributed by atoms with Gasteiger partial charge in [-0.2, -0.15) is 0 Å². The number of halogens is 1. The van der Waals surface area contributed by atoms with Crippen LogP contribution in [0.3, 0.4) is 0 Å². The van der Waals surface area contributed by atoms with Gasteiger partial charge in [-0.05, 0) is 87.0 Å². The molecule has 3 atom stereocenters. The van der Waals surface area contributed by atoms with Crippen LogP contribution in [0.25, 0.3) is 0 Å². The zero-order valence-corrected chi connectivity index (χ0v) is 21.3. The highest BCUT2D eigenvalue weighted by molar-refractivity contribution is 7.84. The lowest BCUT2D eigenvalue weighted by Crippen LogP contribution is -2.46. The lowest BCUT2D eigenvalue weighted by molar-refractivity contribution is -0.143. The predicted octanol–water partition coefficient (Wildman–Crippen LogP) is 3.08. The molecule has 2 aliphatic rings. The van der Waals surface area contributed by atoms with E-state index in [1.54, 1.807) is 12.0 Å². The second-order valence-electron chi connectivity index (χ2n) is 9.97. The number of aliphatic hydroxyl groups is 2. The first-order chi connectivity index (χ1) is 15.6. The third-order valence-corrected chi connectivity index (χ3v) is 9.01. The molecule has 1 aromatic carbocycles. The SMILES string of the molecule is COc1cc(C2CCC2)c(Cl)cc1[C@H](CC(C)(C)S(N)=O)C1CCN(C(=O)[C@H](O)CO)CC1. The Morgan fingerprint density at radius 3 is 2.42 bits per heavy atom. The molecule has 1 aliphatic carbocycles. The number of nitrogens with two attached hydrogens (primary N) is 1. The Balaban J connectivity index is 1.90. The maximum absolute atomic E-state index is 12.3. The van der Waals surface area contributed by atoms with Crippen molar-refractivity contribution in [2.45, 2.75) is 75.1 Å². The number of methoxy groups -OCH3 is 1.